The molecule has 0 rings (SSSR count). The minimum absolute atomic E-state index is 0.0783. The topological polar surface area (TPSA) is 69.6 Å². The van der Waals surface area contributed by atoms with Gasteiger partial charge in [-0.15, -0.1) is 0 Å². The summed E-state index contributed by atoms with van der Waals surface area (Å²) in [7, 11) is 1.67. The molecule has 5 nitrogen and oxygen atoms in total. The summed E-state index contributed by atoms with van der Waals surface area (Å²) in [5.41, 5.74) is 0. The molecule has 0 radical (unpaired) electrons. The highest BCUT2D eigenvalue weighted by molar-refractivity contribution is 7.98. The summed E-state index contributed by atoms with van der Waals surface area (Å²) in [6.07, 6.45) is 2.68. The van der Waals surface area contributed by atoms with Gasteiger partial charge in [-0.1, -0.05) is 20.3 Å². The van der Waals surface area contributed by atoms with Crippen LogP contribution in [0.25, 0.3) is 0 Å². The van der Waals surface area contributed by atoms with Crippen LogP contribution in [-0.2, 0) is 4.79 Å². The van der Waals surface area contributed by atoms with Gasteiger partial charge in [0.15, 0.2) is 0 Å². The van der Waals surface area contributed by atoms with Crippen molar-refractivity contribution >= 4 is 23.8 Å². The van der Waals surface area contributed by atoms with Crippen LogP contribution in [0.2, 0.25) is 0 Å². The lowest BCUT2D eigenvalue weighted by atomic mass is 9.99. The number of carbonyl (C=O) groups excluding carboxylic acids is 1. The molecule has 2 unspecified atom stereocenters. The standard InChI is InChI=1S/C11H22N2O3S/c1-5-8(2)9(10(14)15)12-11(16)13(3)6-7-17-4/h8-9H,5-7H2,1-4H3,(H,12,16)(H,14,15). The van der Waals surface area contributed by atoms with Crippen LogP contribution < -0.4 is 5.32 Å². The summed E-state index contributed by atoms with van der Waals surface area (Å²) < 4.78 is 0. The highest BCUT2D eigenvalue weighted by atomic mass is 32.2. The fraction of sp³-hybridized carbons (Fsp3) is 0.818. The first-order valence-electron chi connectivity index (χ1n) is 5.67. The monoisotopic (exact) mass is 262 g/mol. The number of carboxylic acids is 1. The van der Waals surface area contributed by atoms with Crippen LogP contribution in [0.15, 0.2) is 0 Å². The molecule has 2 atom stereocenters. The quantitative estimate of drug-likeness (QED) is 0.729. The maximum atomic E-state index is 11.7. The van der Waals surface area contributed by atoms with Crippen LogP contribution in [0.4, 0.5) is 4.79 Å². The van der Waals surface area contributed by atoms with Crippen molar-refractivity contribution in [2.24, 2.45) is 5.92 Å². The lowest BCUT2D eigenvalue weighted by Gasteiger charge is -2.24. The number of thioether (sulfide) groups is 1. The van der Waals surface area contributed by atoms with Crippen LogP contribution >= 0.6 is 11.8 Å². The van der Waals surface area contributed by atoms with Gasteiger partial charge < -0.3 is 15.3 Å². The van der Waals surface area contributed by atoms with Gasteiger partial charge in [-0.05, 0) is 12.2 Å². The second-order valence-corrected chi connectivity index (χ2v) is 5.05. The molecule has 0 spiro atoms. The summed E-state index contributed by atoms with van der Waals surface area (Å²) in [5.74, 6) is -0.221. The van der Waals surface area contributed by atoms with E-state index in [4.69, 9.17) is 5.11 Å². The van der Waals surface area contributed by atoms with Crippen molar-refractivity contribution in [3.05, 3.63) is 0 Å². The number of carbonyl (C=O) groups is 2. The Hall–Kier alpha value is -0.910. The molecular weight excluding hydrogens is 240 g/mol. The number of carboxylic acid groups (broad SMARTS) is 1. The summed E-state index contributed by atoms with van der Waals surface area (Å²) in [4.78, 5) is 24.3. The first kappa shape index (κ1) is 16.1. The first-order chi connectivity index (χ1) is 7.93. The normalized spacial score (nSPS) is 13.9. The number of nitrogens with one attached hydrogen (secondary N) is 1. The van der Waals surface area contributed by atoms with E-state index in [1.807, 2.05) is 20.1 Å². The largest absolute Gasteiger partial charge is 0.480 e. The maximum Gasteiger partial charge on any atom is 0.326 e. The zero-order valence-electron chi connectivity index (χ0n) is 10.9. The van der Waals surface area contributed by atoms with Crippen molar-refractivity contribution in [2.45, 2.75) is 26.3 Å². The van der Waals surface area contributed by atoms with Crippen LogP contribution in [0.5, 0.6) is 0 Å². The molecule has 17 heavy (non-hydrogen) atoms. The second kappa shape index (κ2) is 8.22. The molecule has 0 aliphatic heterocycles. The zero-order chi connectivity index (χ0) is 13.4. The van der Waals surface area contributed by atoms with Crippen molar-refractivity contribution in [1.29, 1.82) is 0 Å². The van der Waals surface area contributed by atoms with E-state index in [0.717, 1.165) is 5.75 Å². The lowest BCUT2D eigenvalue weighted by Crippen LogP contribution is -2.49. The van der Waals surface area contributed by atoms with Gasteiger partial charge in [0.1, 0.15) is 6.04 Å². The third-order valence-corrected chi connectivity index (χ3v) is 3.33. The van der Waals surface area contributed by atoms with Crippen LogP contribution in [0.3, 0.4) is 0 Å². The Labute approximate surface area is 107 Å². The predicted molar refractivity (Wildman–Crippen MR) is 70.4 cm³/mol. The molecule has 0 aliphatic carbocycles. The molecule has 0 fully saturated rings. The van der Waals surface area contributed by atoms with E-state index in [2.05, 4.69) is 5.32 Å². The molecule has 0 aromatic heterocycles. The molecule has 0 saturated carbocycles. The SMILES string of the molecule is CCC(C)C(NC(=O)N(C)CCSC)C(=O)O. The summed E-state index contributed by atoms with van der Waals surface area (Å²) in [6, 6.07) is -1.14. The van der Waals surface area contributed by atoms with E-state index in [-0.39, 0.29) is 11.9 Å². The number of rotatable bonds is 7. The molecule has 0 aromatic carbocycles. The Morgan fingerprint density at radius 2 is 2.06 bits per heavy atom. The molecule has 0 aliphatic rings. The van der Waals surface area contributed by atoms with E-state index in [1.165, 1.54) is 4.90 Å². The molecule has 2 amide bonds. The molecule has 100 valence electrons. The summed E-state index contributed by atoms with van der Waals surface area (Å²) in [5, 5.41) is 11.6. The van der Waals surface area contributed by atoms with Gasteiger partial charge in [0.25, 0.3) is 0 Å². The number of hydrogen-bond donors (Lipinski definition) is 2. The second-order valence-electron chi connectivity index (χ2n) is 4.07. The minimum atomic E-state index is -0.981. The Morgan fingerprint density at radius 1 is 1.47 bits per heavy atom. The van der Waals surface area contributed by atoms with Crippen molar-refractivity contribution in [3.8, 4) is 0 Å². The van der Waals surface area contributed by atoms with E-state index < -0.39 is 12.0 Å². The van der Waals surface area contributed by atoms with Gasteiger partial charge in [-0.3, -0.25) is 0 Å². The summed E-state index contributed by atoms with van der Waals surface area (Å²) in [6.45, 7) is 4.34. The number of nitrogens with zero attached hydrogens (tertiary/aromatic N) is 1. The van der Waals surface area contributed by atoms with Gasteiger partial charge >= 0.3 is 12.0 Å². The van der Waals surface area contributed by atoms with Gasteiger partial charge in [0.2, 0.25) is 0 Å². The van der Waals surface area contributed by atoms with Crippen LogP contribution in [0.1, 0.15) is 20.3 Å². The Bertz CT molecular complexity index is 261. The number of hydrogen-bond acceptors (Lipinski definition) is 3. The van der Waals surface area contributed by atoms with E-state index in [0.29, 0.717) is 13.0 Å². The molecule has 0 bridgehead atoms. The molecule has 0 saturated heterocycles. The van der Waals surface area contributed by atoms with Gasteiger partial charge in [0.05, 0.1) is 0 Å². The Kier molecular flexibility index (Phi) is 7.78. The smallest absolute Gasteiger partial charge is 0.326 e. The van der Waals surface area contributed by atoms with E-state index in [9.17, 15) is 9.59 Å². The van der Waals surface area contributed by atoms with Crippen molar-refractivity contribution < 1.29 is 14.7 Å². The zero-order valence-corrected chi connectivity index (χ0v) is 11.7. The fourth-order valence-electron chi connectivity index (χ4n) is 1.26. The average molecular weight is 262 g/mol. The highest BCUT2D eigenvalue weighted by Crippen LogP contribution is 2.08. The number of urea groups is 1. The van der Waals surface area contributed by atoms with Crippen molar-refractivity contribution in [2.75, 3.05) is 25.6 Å². The number of aliphatic carboxylic acids is 1. The molecular formula is C11H22N2O3S. The van der Waals surface area contributed by atoms with Gasteiger partial charge in [-0.25, -0.2) is 9.59 Å². The van der Waals surface area contributed by atoms with Crippen molar-refractivity contribution in [1.82, 2.24) is 10.2 Å². The molecule has 2 N–H and O–H groups in total. The van der Waals surface area contributed by atoms with Crippen molar-refractivity contribution in [3.63, 3.8) is 0 Å². The lowest BCUT2D eigenvalue weighted by molar-refractivity contribution is -0.140. The molecule has 0 heterocycles. The summed E-state index contributed by atoms with van der Waals surface area (Å²) >= 11 is 1.65. The van der Waals surface area contributed by atoms with Gasteiger partial charge in [0, 0.05) is 19.3 Å². The Morgan fingerprint density at radius 3 is 2.47 bits per heavy atom. The predicted octanol–water partition coefficient (Wildman–Crippen LogP) is 1.49. The molecule has 0 aromatic rings. The van der Waals surface area contributed by atoms with Gasteiger partial charge in [-0.2, -0.15) is 11.8 Å². The van der Waals surface area contributed by atoms with Crippen LogP contribution in [0, 0.1) is 5.92 Å². The Balaban J connectivity index is 4.35. The maximum absolute atomic E-state index is 11.7. The first-order valence-corrected chi connectivity index (χ1v) is 7.06. The van der Waals surface area contributed by atoms with E-state index in [1.54, 1.807) is 18.8 Å². The highest BCUT2D eigenvalue weighted by Gasteiger charge is 2.26. The minimum Gasteiger partial charge on any atom is -0.480 e. The van der Waals surface area contributed by atoms with E-state index >= 15 is 0 Å². The fourth-order valence-corrected chi connectivity index (χ4v) is 1.71. The number of amides is 2. The third kappa shape index (κ3) is 5.81. The third-order valence-electron chi connectivity index (χ3n) is 2.74. The van der Waals surface area contributed by atoms with Crippen LogP contribution in [-0.4, -0.2) is 53.6 Å². The molecule has 6 heteroatoms. The average Bonchev–Trinajstić information content (AvgIpc) is 2.31.